The summed E-state index contributed by atoms with van der Waals surface area (Å²) in [7, 11) is 0. The third-order valence-electron chi connectivity index (χ3n) is 4.86. The Morgan fingerprint density at radius 3 is 3.16 bits per heavy atom. The number of aliphatic hydroxyl groups is 1. The quantitative estimate of drug-likeness (QED) is 0.847. The zero-order valence-electron chi connectivity index (χ0n) is 10.9. The molecule has 2 fully saturated rings. The second-order valence-electron chi connectivity index (χ2n) is 5.87. The highest BCUT2D eigenvalue weighted by Crippen LogP contribution is 2.43. The average Bonchev–Trinajstić information content (AvgIpc) is 2.88. The van der Waals surface area contributed by atoms with Gasteiger partial charge in [0.25, 0.3) is 0 Å². The minimum Gasteiger partial charge on any atom is -0.385 e. The lowest BCUT2D eigenvalue weighted by Crippen LogP contribution is -2.44. The summed E-state index contributed by atoms with van der Waals surface area (Å²) in [4.78, 5) is 6.81. The van der Waals surface area contributed by atoms with Gasteiger partial charge < -0.3 is 10.0 Å². The van der Waals surface area contributed by atoms with Gasteiger partial charge in [0.15, 0.2) is 0 Å². The third kappa shape index (κ3) is 1.69. The van der Waals surface area contributed by atoms with Gasteiger partial charge >= 0.3 is 0 Å². The number of piperidine rings is 1. The topological polar surface area (TPSA) is 36.4 Å². The van der Waals surface area contributed by atoms with E-state index in [9.17, 15) is 5.11 Å². The van der Waals surface area contributed by atoms with Gasteiger partial charge in [0.05, 0.1) is 11.1 Å². The van der Waals surface area contributed by atoms with Crippen molar-refractivity contribution in [2.45, 2.75) is 18.4 Å². The number of hydrogen-bond donors (Lipinski definition) is 1. The zero-order valence-corrected chi connectivity index (χ0v) is 10.9. The van der Waals surface area contributed by atoms with Crippen LogP contribution in [0.5, 0.6) is 0 Å². The normalized spacial score (nSPS) is 33.7. The maximum Gasteiger partial charge on any atom is 0.0949 e. The van der Waals surface area contributed by atoms with Crippen LogP contribution in [0.15, 0.2) is 36.5 Å². The van der Waals surface area contributed by atoms with Crippen LogP contribution in [0.2, 0.25) is 0 Å². The molecule has 1 aromatic heterocycles. The summed E-state index contributed by atoms with van der Waals surface area (Å²) < 4.78 is 0. The number of benzene rings is 1. The molecule has 4 rings (SSSR count). The number of pyridine rings is 1. The molecule has 0 aliphatic carbocycles. The highest BCUT2D eigenvalue weighted by atomic mass is 16.3. The fraction of sp³-hybridized carbons (Fsp3) is 0.438. The van der Waals surface area contributed by atoms with Gasteiger partial charge in [-0.2, -0.15) is 0 Å². The Hall–Kier alpha value is -1.45. The van der Waals surface area contributed by atoms with E-state index in [0.29, 0.717) is 5.92 Å². The van der Waals surface area contributed by atoms with E-state index >= 15 is 0 Å². The van der Waals surface area contributed by atoms with Gasteiger partial charge in [-0.15, -0.1) is 0 Å². The molecule has 3 heterocycles. The Labute approximate surface area is 112 Å². The van der Waals surface area contributed by atoms with E-state index in [0.717, 1.165) is 48.9 Å². The molecule has 1 N–H and O–H groups in total. The SMILES string of the molecule is OC1(c2ccc3ncccc3c2)CCN2CCC1C2. The fourth-order valence-electron chi connectivity index (χ4n) is 3.68. The summed E-state index contributed by atoms with van der Waals surface area (Å²) in [5.41, 5.74) is 1.43. The minimum atomic E-state index is -0.642. The smallest absolute Gasteiger partial charge is 0.0949 e. The van der Waals surface area contributed by atoms with Crippen LogP contribution in [0.3, 0.4) is 0 Å². The molecular weight excluding hydrogens is 236 g/mol. The second kappa shape index (κ2) is 4.02. The van der Waals surface area contributed by atoms with Crippen LogP contribution in [0, 0.1) is 5.92 Å². The highest BCUT2D eigenvalue weighted by molar-refractivity contribution is 5.79. The molecule has 2 bridgehead atoms. The average molecular weight is 254 g/mol. The summed E-state index contributed by atoms with van der Waals surface area (Å²) in [6, 6.07) is 10.2. The van der Waals surface area contributed by atoms with E-state index in [2.05, 4.69) is 28.1 Å². The monoisotopic (exact) mass is 254 g/mol. The van der Waals surface area contributed by atoms with Crippen molar-refractivity contribution in [3.8, 4) is 0 Å². The number of aromatic nitrogens is 1. The van der Waals surface area contributed by atoms with Crippen LogP contribution in [-0.2, 0) is 5.60 Å². The molecule has 0 radical (unpaired) electrons. The maximum absolute atomic E-state index is 11.1. The first kappa shape index (κ1) is 11.4. The van der Waals surface area contributed by atoms with Gasteiger partial charge in [-0.3, -0.25) is 4.98 Å². The van der Waals surface area contributed by atoms with Crippen LogP contribution in [0.1, 0.15) is 18.4 Å². The number of hydrogen-bond acceptors (Lipinski definition) is 3. The van der Waals surface area contributed by atoms with Crippen molar-refractivity contribution >= 4 is 10.9 Å². The minimum absolute atomic E-state index is 0.385. The van der Waals surface area contributed by atoms with Crippen molar-refractivity contribution < 1.29 is 5.11 Å². The Morgan fingerprint density at radius 2 is 2.21 bits per heavy atom. The highest BCUT2D eigenvalue weighted by Gasteiger charge is 2.45. The maximum atomic E-state index is 11.1. The van der Waals surface area contributed by atoms with Crippen LogP contribution in [0.4, 0.5) is 0 Å². The molecule has 3 nitrogen and oxygen atoms in total. The van der Waals surface area contributed by atoms with E-state index in [-0.39, 0.29) is 0 Å². The van der Waals surface area contributed by atoms with Crippen molar-refractivity contribution in [3.63, 3.8) is 0 Å². The van der Waals surface area contributed by atoms with Crippen molar-refractivity contribution in [2.24, 2.45) is 5.92 Å². The molecule has 0 saturated carbocycles. The first-order chi connectivity index (χ1) is 9.25. The van der Waals surface area contributed by atoms with Crippen molar-refractivity contribution in [1.29, 1.82) is 0 Å². The van der Waals surface area contributed by atoms with Gasteiger partial charge in [0.1, 0.15) is 0 Å². The van der Waals surface area contributed by atoms with Crippen LogP contribution < -0.4 is 0 Å². The van der Waals surface area contributed by atoms with Crippen LogP contribution in [-0.4, -0.2) is 34.6 Å². The van der Waals surface area contributed by atoms with E-state index in [1.54, 1.807) is 0 Å². The van der Waals surface area contributed by atoms with Crippen LogP contribution in [0.25, 0.3) is 10.9 Å². The Kier molecular flexibility index (Phi) is 2.41. The van der Waals surface area contributed by atoms with Gasteiger partial charge in [-0.1, -0.05) is 12.1 Å². The number of nitrogens with zero attached hydrogens (tertiary/aromatic N) is 2. The first-order valence-electron chi connectivity index (χ1n) is 7.06. The van der Waals surface area contributed by atoms with Crippen LogP contribution >= 0.6 is 0 Å². The molecule has 3 atom stereocenters. The van der Waals surface area contributed by atoms with E-state index in [1.807, 2.05) is 18.3 Å². The molecule has 2 aliphatic rings. The predicted molar refractivity (Wildman–Crippen MR) is 74.8 cm³/mol. The lowest BCUT2D eigenvalue weighted by molar-refractivity contribution is -0.0501. The van der Waals surface area contributed by atoms with E-state index in [1.165, 1.54) is 0 Å². The van der Waals surface area contributed by atoms with Crippen molar-refractivity contribution in [2.75, 3.05) is 19.6 Å². The Morgan fingerprint density at radius 1 is 1.26 bits per heavy atom. The van der Waals surface area contributed by atoms with Gasteiger partial charge in [0.2, 0.25) is 0 Å². The van der Waals surface area contributed by atoms with Crippen molar-refractivity contribution in [3.05, 3.63) is 42.1 Å². The molecule has 19 heavy (non-hydrogen) atoms. The third-order valence-corrected chi connectivity index (χ3v) is 4.86. The summed E-state index contributed by atoms with van der Waals surface area (Å²) in [5.74, 6) is 0.385. The Balaban J connectivity index is 1.80. The zero-order chi connectivity index (χ0) is 12.9. The molecular formula is C16H18N2O. The molecule has 1 aromatic carbocycles. The molecule has 0 spiro atoms. The second-order valence-corrected chi connectivity index (χ2v) is 5.87. The summed E-state index contributed by atoms with van der Waals surface area (Å²) in [6.07, 6.45) is 3.77. The Bertz CT molecular complexity index is 627. The molecule has 0 amide bonds. The number of rotatable bonds is 1. The van der Waals surface area contributed by atoms with Crippen molar-refractivity contribution in [1.82, 2.24) is 9.88 Å². The summed E-state index contributed by atoms with van der Waals surface area (Å²) >= 11 is 0. The van der Waals surface area contributed by atoms with Gasteiger partial charge in [-0.25, -0.2) is 0 Å². The molecule has 3 heteroatoms. The summed E-state index contributed by atoms with van der Waals surface area (Å²) in [5, 5.41) is 12.3. The van der Waals surface area contributed by atoms with Gasteiger partial charge in [-0.05, 0) is 43.1 Å². The molecule has 3 unspecified atom stereocenters. The fourth-order valence-corrected chi connectivity index (χ4v) is 3.68. The standard InChI is InChI=1S/C16H18N2O/c19-16(6-9-18-8-5-14(16)11-18)13-3-4-15-12(10-13)2-1-7-17-15/h1-4,7,10,14,19H,5-6,8-9,11H2. The predicted octanol–water partition coefficient (Wildman–Crippen LogP) is 2.15. The van der Waals surface area contributed by atoms with E-state index in [4.69, 9.17) is 0 Å². The number of fused-ring (bicyclic) bond motifs is 3. The molecule has 2 saturated heterocycles. The van der Waals surface area contributed by atoms with Gasteiger partial charge in [0, 0.05) is 30.6 Å². The first-order valence-corrected chi connectivity index (χ1v) is 7.06. The molecule has 2 aliphatic heterocycles. The lowest BCUT2D eigenvalue weighted by atomic mass is 9.76. The summed E-state index contributed by atoms with van der Waals surface area (Å²) in [6.45, 7) is 3.20. The van der Waals surface area contributed by atoms with E-state index < -0.39 is 5.60 Å². The molecule has 98 valence electrons. The largest absolute Gasteiger partial charge is 0.385 e. The lowest BCUT2D eigenvalue weighted by Gasteiger charge is -2.39. The molecule has 2 aromatic rings.